The highest BCUT2D eigenvalue weighted by atomic mass is 32.1. The minimum Gasteiger partial charge on any atom is -0.337 e. The van der Waals surface area contributed by atoms with Crippen LogP contribution in [0, 0.1) is 34.5 Å². The molecule has 0 radical (unpaired) electrons. The van der Waals surface area contributed by atoms with E-state index in [9.17, 15) is 0 Å². The molecular formula is C38H38N10O2S2. The number of hydrogen-bond acceptors (Lipinski definition) is 14. The first-order valence-corrected chi connectivity index (χ1v) is 19.1. The maximum atomic E-state index is 9.07. The van der Waals surface area contributed by atoms with Crippen LogP contribution in [-0.2, 0) is 13.1 Å². The Balaban J connectivity index is 0.000000162. The highest BCUT2D eigenvalue weighted by Gasteiger charge is 2.33. The van der Waals surface area contributed by atoms with Gasteiger partial charge in [-0.25, -0.2) is 9.97 Å². The van der Waals surface area contributed by atoms with Gasteiger partial charge in [-0.2, -0.15) is 20.5 Å². The predicted molar refractivity (Wildman–Crippen MR) is 196 cm³/mol. The van der Waals surface area contributed by atoms with Crippen LogP contribution in [0.15, 0.2) is 80.7 Å². The Labute approximate surface area is 310 Å². The Morgan fingerprint density at radius 3 is 1.56 bits per heavy atom. The van der Waals surface area contributed by atoms with E-state index in [1.807, 2.05) is 47.4 Å². The molecule has 4 aromatic heterocycles. The summed E-state index contributed by atoms with van der Waals surface area (Å²) in [6, 6.07) is 19.1. The van der Waals surface area contributed by atoms with E-state index in [-0.39, 0.29) is 12.1 Å². The van der Waals surface area contributed by atoms with Gasteiger partial charge in [0.15, 0.2) is 0 Å². The number of piperidine rings is 2. The Kier molecular flexibility index (Phi) is 11.2. The molecule has 2 aliphatic heterocycles. The highest BCUT2D eigenvalue weighted by molar-refractivity contribution is 7.09. The quantitative estimate of drug-likeness (QED) is 0.148. The first-order chi connectivity index (χ1) is 25.4. The molecule has 0 spiro atoms. The molecule has 2 aromatic carbocycles. The molecular weight excluding hydrogens is 693 g/mol. The molecule has 4 atom stereocenters. The zero-order valence-electron chi connectivity index (χ0n) is 29.0. The van der Waals surface area contributed by atoms with Crippen LogP contribution < -0.4 is 0 Å². The summed E-state index contributed by atoms with van der Waals surface area (Å²) in [5.41, 5.74) is 2.78. The van der Waals surface area contributed by atoms with E-state index in [4.69, 9.17) is 19.6 Å². The van der Waals surface area contributed by atoms with Crippen molar-refractivity contribution in [1.82, 2.24) is 40.0 Å². The van der Waals surface area contributed by atoms with E-state index in [1.54, 1.807) is 46.9 Å². The summed E-state index contributed by atoms with van der Waals surface area (Å²) in [7, 11) is 0. The SMILES string of the molecule is CC1CCC(c2nc(-c3cccc(C#N)c3)no2)N(Cc2nccs2)C1.CC1CCC(c2nc(-c3cccc(C#N)c3)no2)N(Cc2nccs2)C1. The van der Waals surface area contributed by atoms with Crippen molar-refractivity contribution in [2.24, 2.45) is 11.8 Å². The van der Waals surface area contributed by atoms with Crippen LogP contribution >= 0.6 is 22.7 Å². The molecule has 12 nitrogen and oxygen atoms in total. The fourth-order valence-corrected chi connectivity index (χ4v) is 8.12. The molecule has 2 saturated heterocycles. The molecule has 52 heavy (non-hydrogen) atoms. The summed E-state index contributed by atoms with van der Waals surface area (Å²) < 4.78 is 11.2. The number of hydrogen-bond donors (Lipinski definition) is 0. The average Bonchev–Trinajstić information content (AvgIpc) is 4.02. The fraction of sp³-hybridized carbons (Fsp3) is 0.368. The van der Waals surface area contributed by atoms with Crippen molar-refractivity contribution in [2.45, 2.75) is 64.7 Å². The second-order valence-electron chi connectivity index (χ2n) is 13.4. The van der Waals surface area contributed by atoms with E-state index < -0.39 is 0 Å². The third kappa shape index (κ3) is 8.49. The van der Waals surface area contributed by atoms with Crippen LogP contribution in [0.3, 0.4) is 0 Å². The van der Waals surface area contributed by atoms with Crippen LogP contribution in [0.2, 0.25) is 0 Å². The molecule has 0 saturated carbocycles. The third-order valence-electron chi connectivity index (χ3n) is 9.44. The van der Waals surface area contributed by atoms with Gasteiger partial charge in [-0.3, -0.25) is 9.80 Å². The molecule has 2 fully saturated rings. The molecule has 0 amide bonds. The van der Waals surface area contributed by atoms with Crippen molar-refractivity contribution in [2.75, 3.05) is 13.1 Å². The van der Waals surface area contributed by atoms with E-state index in [0.29, 0.717) is 46.4 Å². The number of rotatable bonds is 8. The largest absolute Gasteiger partial charge is 0.337 e. The molecule has 2 aliphatic rings. The Morgan fingerprint density at radius 1 is 0.692 bits per heavy atom. The van der Waals surface area contributed by atoms with Gasteiger partial charge in [-0.15, -0.1) is 22.7 Å². The smallest absolute Gasteiger partial charge is 0.244 e. The number of thiazole rings is 2. The van der Waals surface area contributed by atoms with Crippen molar-refractivity contribution < 1.29 is 9.05 Å². The summed E-state index contributed by atoms with van der Waals surface area (Å²) in [6.07, 6.45) is 7.95. The van der Waals surface area contributed by atoms with Crippen molar-refractivity contribution >= 4 is 22.7 Å². The molecule has 14 heteroatoms. The zero-order valence-corrected chi connectivity index (χ0v) is 30.6. The molecule has 0 N–H and O–H groups in total. The van der Waals surface area contributed by atoms with Gasteiger partial charge >= 0.3 is 0 Å². The van der Waals surface area contributed by atoms with Gasteiger partial charge < -0.3 is 9.05 Å². The van der Waals surface area contributed by atoms with Crippen molar-refractivity contribution in [1.29, 1.82) is 10.5 Å². The molecule has 6 heterocycles. The van der Waals surface area contributed by atoms with Gasteiger partial charge in [-0.05, 0) is 61.8 Å². The first-order valence-electron chi connectivity index (χ1n) is 17.4. The third-order valence-corrected chi connectivity index (χ3v) is 11.0. The van der Waals surface area contributed by atoms with Crippen LogP contribution in [0.4, 0.5) is 0 Å². The average molecular weight is 731 g/mol. The van der Waals surface area contributed by atoms with E-state index in [1.165, 1.54) is 0 Å². The van der Waals surface area contributed by atoms with Gasteiger partial charge in [0.05, 0.1) is 48.4 Å². The molecule has 0 aliphatic carbocycles. The van der Waals surface area contributed by atoms with Gasteiger partial charge in [0.25, 0.3) is 0 Å². The topological polar surface area (TPSA) is 158 Å². The Bertz CT molecular complexity index is 1980. The lowest BCUT2D eigenvalue weighted by Crippen LogP contribution is -2.37. The second-order valence-corrected chi connectivity index (χ2v) is 15.4. The Hall–Kier alpha value is -5.12. The normalized spacial score (nSPS) is 20.8. The van der Waals surface area contributed by atoms with Crippen LogP contribution in [0.25, 0.3) is 22.8 Å². The highest BCUT2D eigenvalue weighted by Crippen LogP contribution is 2.36. The molecule has 8 rings (SSSR count). The molecule has 4 unspecified atom stereocenters. The van der Waals surface area contributed by atoms with Crippen molar-refractivity contribution in [3.8, 4) is 34.9 Å². The fourth-order valence-electron chi connectivity index (χ4n) is 6.84. The van der Waals surface area contributed by atoms with Gasteiger partial charge in [-0.1, -0.05) is 48.4 Å². The van der Waals surface area contributed by atoms with E-state index >= 15 is 0 Å². The van der Waals surface area contributed by atoms with Crippen molar-refractivity contribution in [3.05, 3.63) is 105 Å². The lowest BCUT2D eigenvalue weighted by Gasteiger charge is -2.36. The summed E-state index contributed by atoms with van der Waals surface area (Å²) in [5, 5.41) is 32.7. The Morgan fingerprint density at radius 2 is 1.15 bits per heavy atom. The predicted octanol–water partition coefficient (Wildman–Crippen LogP) is 8.08. The lowest BCUT2D eigenvalue weighted by molar-refractivity contribution is 0.0827. The molecule has 6 aromatic rings. The summed E-state index contributed by atoms with van der Waals surface area (Å²) in [4.78, 5) is 22.9. The maximum Gasteiger partial charge on any atom is 0.244 e. The minimum absolute atomic E-state index is 0.107. The van der Waals surface area contributed by atoms with E-state index in [2.05, 4.69) is 66.0 Å². The van der Waals surface area contributed by atoms with E-state index in [0.717, 1.165) is 73.0 Å². The number of aromatic nitrogens is 6. The molecule has 264 valence electrons. The van der Waals surface area contributed by atoms with Crippen LogP contribution in [0.1, 0.15) is 84.5 Å². The maximum absolute atomic E-state index is 9.07. The second kappa shape index (κ2) is 16.5. The van der Waals surface area contributed by atoms with Crippen LogP contribution in [-0.4, -0.2) is 53.1 Å². The number of nitriles is 2. The van der Waals surface area contributed by atoms with Gasteiger partial charge in [0.2, 0.25) is 23.4 Å². The zero-order chi connectivity index (χ0) is 35.9. The van der Waals surface area contributed by atoms with Gasteiger partial charge in [0.1, 0.15) is 10.0 Å². The standard InChI is InChI=1S/2C19H19N5OS/c2*1-13-5-6-16(24(11-13)12-17-21-7-8-26-17)19-22-18(23-25-19)15-4-2-3-14(9-15)10-20/h2*2-4,7-9,13,16H,5-6,11-12H2,1H3. The number of likely N-dealkylation sites (tertiary alicyclic amines) is 2. The summed E-state index contributed by atoms with van der Waals surface area (Å²) in [5.74, 6) is 3.63. The summed E-state index contributed by atoms with van der Waals surface area (Å²) in [6.45, 7) is 8.13. The number of nitrogens with zero attached hydrogens (tertiary/aromatic N) is 10. The summed E-state index contributed by atoms with van der Waals surface area (Å²) >= 11 is 3.34. The monoisotopic (exact) mass is 730 g/mol. The lowest BCUT2D eigenvalue weighted by atomic mass is 9.94. The molecule has 0 bridgehead atoms. The minimum atomic E-state index is 0.107. The number of benzene rings is 2. The van der Waals surface area contributed by atoms with Crippen LogP contribution in [0.5, 0.6) is 0 Å². The first kappa shape index (κ1) is 35.3. The van der Waals surface area contributed by atoms with Gasteiger partial charge in [0, 0.05) is 47.4 Å². The van der Waals surface area contributed by atoms with Crippen molar-refractivity contribution in [3.63, 3.8) is 0 Å².